The molecule has 32 heavy (non-hydrogen) atoms. The van der Waals surface area contributed by atoms with Gasteiger partial charge in [-0.05, 0) is 60.9 Å². The minimum Gasteiger partial charge on any atom is -0.435 e. The third-order valence-corrected chi connectivity index (χ3v) is 6.88. The number of nitrogens with zero attached hydrogens (tertiary/aromatic N) is 2. The Bertz CT molecular complexity index is 1030. The second-order valence-corrected chi connectivity index (χ2v) is 9.11. The summed E-state index contributed by atoms with van der Waals surface area (Å²) in [6.07, 6.45) is 1.52. The maximum atomic E-state index is 13.0. The first kappa shape index (κ1) is 22.2. The van der Waals surface area contributed by atoms with Crippen molar-refractivity contribution in [1.82, 2.24) is 15.1 Å². The van der Waals surface area contributed by atoms with Crippen LogP contribution >= 0.6 is 11.3 Å². The van der Waals surface area contributed by atoms with Crippen molar-refractivity contribution in [3.63, 3.8) is 0 Å². The number of hydrogen-bond donors (Lipinski definition) is 1. The number of hydrogen-bond acceptors (Lipinski definition) is 5. The van der Waals surface area contributed by atoms with Gasteiger partial charge in [-0.25, -0.2) is 4.79 Å². The van der Waals surface area contributed by atoms with Crippen LogP contribution in [0, 0.1) is 0 Å². The number of amides is 4. The van der Waals surface area contributed by atoms with E-state index in [4.69, 9.17) is 0 Å². The highest BCUT2D eigenvalue weighted by Gasteiger charge is 2.48. The van der Waals surface area contributed by atoms with Crippen LogP contribution in [-0.4, -0.2) is 52.9 Å². The predicted molar refractivity (Wildman–Crippen MR) is 113 cm³/mol. The Morgan fingerprint density at radius 1 is 1.25 bits per heavy atom. The number of halogens is 2. The van der Waals surface area contributed by atoms with Gasteiger partial charge in [-0.3, -0.25) is 14.5 Å². The Balaban J connectivity index is 1.35. The number of benzene rings is 1. The van der Waals surface area contributed by atoms with Gasteiger partial charge in [-0.15, -0.1) is 11.3 Å². The Kier molecular flexibility index (Phi) is 6.14. The first-order valence-corrected chi connectivity index (χ1v) is 11.1. The molecule has 1 aromatic carbocycles. The van der Waals surface area contributed by atoms with E-state index >= 15 is 0 Å². The standard InChI is InChI=1S/C22H23F2N3O4S/c1-22(9-6-14-2-4-16(5-3-14)31-20(23)24)19(29)27(21(30)25-22)13-18(28)26-10-7-17-15(12-26)8-11-32-17/h2-5,8,11,20H,6-7,9-10,12-13H2,1H3,(H,25,30). The van der Waals surface area contributed by atoms with Crippen molar-refractivity contribution < 1.29 is 27.9 Å². The zero-order valence-corrected chi connectivity index (χ0v) is 18.3. The molecule has 2 aromatic rings. The van der Waals surface area contributed by atoms with E-state index < -0.39 is 24.1 Å². The van der Waals surface area contributed by atoms with E-state index in [1.807, 2.05) is 11.4 Å². The van der Waals surface area contributed by atoms with E-state index in [0.717, 1.165) is 22.4 Å². The highest BCUT2D eigenvalue weighted by molar-refractivity contribution is 7.10. The molecule has 10 heteroatoms. The van der Waals surface area contributed by atoms with Crippen LogP contribution in [0.1, 0.15) is 29.3 Å². The summed E-state index contributed by atoms with van der Waals surface area (Å²) in [6, 6.07) is 7.55. The van der Waals surface area contributed by atoms with Gasteiger partial charge in [0.1, 0.15) is 17.8 Å². The smallest absolute Gasteiger partial charge is 0.387 e. The third kappa shape index (κ3) is 4.59. The van der Waals surface area contributed by atoms with Gasteiger partial charge >= 0.3 is 12.6 Å². The molecule has 1 unspecified atom stereocenters. The van der Waals surface area contributed by atoms with Crippen molar-refractivity contribution in [3.05, 3.63) is 51.7 Å². The molecule has 4 amide bonds. The molecule has 3 heterocycles. The number of alkyl halides is 2. The number of carbonyl (C=O) groups is 3. The summed E-state index contributed by atoms with van der Waals surface area (Å²) < 4.78 is 28.9. The number of urea groups is 1. The summed E-state index contributed by atoms with van der Waals surface area (Å²) >= 11 is 1.67. The number of rotatable bonds is 7. The lowest BCUT2D eigenvalue weighted by molar-refractivity contribution is -0.139. The SMILES string of the molecule is CC1(CCc2ccc(OC(F)F)cc2)NC(=O)N(CC(=O)N2CCc3sccc3C2)C1=O. The molecule has 0 bridgehead atoms. The molecular weight excluding hydrogens is 440 g/mol. The quantitative estimate of drug-likeness (QED) is 0.640. The summed E-state index contributed by atoms with van der Waals surface area (Å²) in [5, 5.41) is 4.70. The molecule has 1 aromatic heterocycles. The minimum atomic E-state index is -2.89. The van der Waals surface area contributed by atoms with Gasteiger partial charge in [0.25, 0.3) is 5.91 Å². The lowest BCUT2D eigenvalue weighted by Gasteiger charge is -2.28. The zero-order chi connectivity index (χ0) is 22.9. The van der Waals surface area contributed by atoms with Crippen LogP contribution in [0.15, 0.2) is 35.7 Å². The van der Waals surface area contributed by atoms with Gasteiger partial charge in [-0.1, -0.05) is 12.1 Å². The van der Waals surface area contributed by atoms with Crippen LogP contribution in [0.2, 0.25) is 0 Å². The van der Waals surface area contributed by atoms with E-state index in [1.54, 1.807) is 35.3 Å². The van der Waals surface area contributed by atoms with E-state index in [0.29, 0.717) is 25.9 Å². The summed E-state index contributed by atoms with van der Waals surface area (Å²) in [7, 11) is 0. The lowest BCUT2D eigenvalue weighted by atomic mass is 9.93. The van der Waals surface area contributed by atoms with Crippen LogP contribution < -0.4 is 10.1 Å². The highest BCUT2D eigenvalue weighted by Crippen LogP contribution is 2.26. The van der Waals surface area contributed by atoms with Crippen LogP contribution in [0.25, 0.3) is 0 Å². The van der Waals surface area contributed by atoms with E-state index in [2.05, 4.69) is 10.1 Å². The molecule has 4 rings (SSSR count). The Hall–Kier alpha value is -3.01. The van der Waals surface area contributed by atoms with E-state index in [9.17, 15) is 23.2 Å². The molecule has 0 aliphatic carbocycles. The molecule has 0 radical (unpaired) electrons. The number of imide groups is 1. The first-order chi connectivity index (χ1) is 15.2. The second-order valence-electron chi connectivity index (χ2n) is 8.11. The fourth-order valence-corrected chi connectivity index (χ4v) is 4.88. The zero-order valence-electron chi connectivity index (χ0n) is 17.5. The number of carbonyl (C=O) groups excluding carboxylic acids is 3. The molecular formula is C22H23F2N3O4S. The Morgan fingerprint density at radius 3 is 2.72 bits per heavy atom. The largest absolute Gasteiger partial charge is 0.435 e. The molecule has 1 saturated heterocycles. The number of aryl methyl sites for hydroxylation is 1. The number of fused-ring (bicyclic) bond motifs is 1. The molecule has 7 nitrogen and oxygen atoms in total. The van der Waals surface area contributed by atoms with Gasteiger partial charge in [-0.2, -0.15) is 8.78 Å². The van der Waals surface area contributed by atoms with Crippen molar-refractivity contribution >= 4 is 29.2 Å². The third-order valence-electron chi connectivity index (χ3n) is 5.86. The maximum Gasteiger partial charge on any atom is 0.387 e. The maximum absolute atomic E-state index is 13.0. The summed E-state index contributed by atoms with van der Waals surface area (Å²) in [5.74, 6) is -0.650. The van der Waals surface area contributed by atoms with Crippen molar-refractivity contribution in [2.75, 3.05) is 13.1 Å². The molecule has 0 saturated carbocycles. The highest BCUT2D eigenvalue weighted by atomic mass is 32.1. The van der Waals surface area contributed by atoms with Gasteiger partial charge in [0, 0.05) is 18.0 Å². The minimum absolute atomic E-state index is 0.0529. The summed E-state index contributed by atoms with van der Waals surface area (Å²) in [6.45, 7) is -0.497. The van der Waals surface area contributed by atoms with Gasteiger partial charge in [0.05, 0.1) is 0 Å². The first-order valence-electron chi connectivity index (χ1n) is 10.3. The number of thiophene rings is 1. The van der Waals surface area contributed by atoms with Crippen LogP contribution in [-0.2, 0) is 29.0 Å². The molecule has 2 aliphatic rings. The van der Waals surface area contributed by atoms with Crippen LogP contribution in [0.3, 0.4) is 0 Å². The fourth-order valence-electron chi connectivity index (χ4n) is 3.99. The molecule has 170 valence electrons. The molecule has 2 aliphatic heterocycles. The normalized spacial score (nSPS) is 20.5. The summed E-state index contributed by atoms with van der Waals surface area (Å²) in [4.78, 5) is 42.1. The van der Waals surface area contributed by atoms with E-state index in [-0.39, 0.29) is 18.2 Å². The number of nitrogens with one attached hydrogen (secondary N) is 1. The summed E-state index contributed by atoms with van der Waals surface area (Å²) in [5.41, 5.74) is 0.781. The fraction of sp³-hybridized carbons (Fsp3) is 0.409. The predicted octanol–water partition coefficient (Wildman–Crippen LogP) is 3.18. The molecule has 1 atom stereocenters. The molecule has 1 fully saturated rings. The Labute approximate surface area is 187 Å². The lowest BCUT2D eigenvalue weighted by Crippen LogP contribution is -2.46. The van der Waals surface area contributed by atoms with Crippen molar-refractivity contribution in [1.29, 1.82) is 0 Å². The van der Waals surface area contributed by atoms with Gasteiger partial charge in [0.15, 0.2) is 0 Å². The van der Waals surface area contributed by atoms with Crippen molar-refractivity contribution in [3.8, 4) is 5.75 Å². The van der Waals surface area contributed by atoms with Gasteiger partial charge in [0.2, 0.25) is 5.91 Å². The molecule has 0 spiro atoms. The average Bonchev–Trinajstić information content (AvgIpc) is 3.31. The van der Waals surface area contributed by atoms with Crippen molar-refractivity contribution in [2.45, 2.75) is 44.9 Å². The van der Waals surface area contributed by atoms with E-state index in [1.165, 1.54) is 17.0 Å². The second kappa shape index (κ2) is 8.85. The Morgan fingerprint density at radius 2 is 2.00 bits per heavy atom. The van der Waals surface area contributed by atoms with Crippen molar-refractivity contribution in [2.24, 2.45) is 0 Å². The monoisotopic (exact) mass is 463 g/mol. The average molecular weight is 464 g/mol. The van der Waals surface area contributed by atoms with Crippen LogP contribution in [0.5, 0.6) is 5.75 Å². The number of ether oxygens (including phenoxy) is 1. The molecule has 1 N–H and O–H groups in total. The topological polar surface area (TPSA) is 79.0 Å². The van der Waals surface area contributed by atoms with Crippen LogP contribution in [0.4, 0.5) is 13.6 Å². The van der Waals surface area contributed by atoms with Gasteiger partial charge < -0.3 is 15.0 Å².